The second-order valence-electron chi connectivity index (χ2n) is 8.06. The third-order valence-corrected chi connectivity index (χ3v) is 6.30. The number of nitrogens with zero attached hydrogens (tertiary/aromatic N) is 1. The SMILES string of the molecule is CCOC1=CC2=C3CC4CC2(C=C1OCC)/C=C(/OCC)[N+](=O)C=C3CC4C. The highest BCUT2D eigenvalue weighted by Gasteiger charge is 2.49. The van der Waals surface area contributed by atoms with Crippen LogP contribution >= 0.6 is 0 Å². The molecule has 150 valence electrons. The van der Waals surface area contributed by atoms with Crippen LogP contribution in [0.15, 0.2) is 58.5 Å². The van der Waals surface area contributed by atoms with Gasteiger partial charge in [-0.25, -0.2) is 0 Å². The Morgan fingerprint density at radius 2 is 1.75 bits per heavy atom. The summed E-state index contributed by atoms with van der Waals surface area (Å²) in [6.07, 6.45) is 10.9. The summed E-state index contributed by atoms with van der Waals surface area (Å²) in [4.78, 5) is 12.9. The molecule has 0 radical (unpaired) electrons. The lowest BCUT2D eigenvalue weighted by Crippen LogP contribution is -2.38. The first-order chi connectivity index (χ1) is 13.5. The summed E-state index contributed by atoms with van der Waals surface area (Å²) >= 11 is 0. The first-order valence-corrected chi connectivity index (χ1v) is 10.5. The minimum absolute atomic E-state index is 0.368. The molecule has 1 heterocycles. The fourth-order valence-electron chi connectivity index (χ4n) is 5.07. The highest BCUT2D eigenvalue weighted by molar-refractivity contribution is 5.57. The van der Waals surface area contributed by atoms with Crippen LogP contribution in [0.1, 0.15) is 47.0 Å². The van der Waals surface area contributed by atoms with E-state index in [1.807, 2.05) is 26.8 Å². The van der Waals surface area contributed by atoms with Crippen LogP contribution in [0.5, 0.6) is 0 Å². The van der Waals surface area contributed by atoms with E-state index in [9.17, 15) is 4.91 Å². The Labute approximate surface area is 167 Å². The molecule has 0 amide bonds. The van der Waals surface area contributed by atoms with Crippen molar-refractivity contribution in [2.24, 2.45) is 17.3 Å². The van der Waals surface area contributed by atoms with E-state index in [1.54, 1.807) is 6.20 Å². The summed E-state index contributed by atoms with van der Waals surface area (Å²) in [7, 11) is 0. The summed E-state index contributed by atoms with van der Waals surface area (Å²) < 4.78 is 18.5. The number of hydrogen-bond donors (Lipinski definition) is 0. The monoisotopic (exact) mass is 384 g/mol. The van der Waals surface area contributed by atoms with Crippen LogP contribution in [-0.4, -0.2) is 24.6 Å². The van der Waals surface area contributed by atoms with Gasteiger partial charge in [-0.3, -0.25) is 0 Å². The van der Waals surface area contributed by atoms with Crippen molar-refractivity contribution >= 4 is 0 Å². The van der Waals surface area contributed by atoms with E-state index >= 15 is 0 Å². The zero-order chi connectivity index (χ0) is 19.9. The molecule has 4 rings (SSSR count). The van der Waals surface area contributed by atoms with E-state index in [1.165, 1.54) is 11.1 Å². The fourth-order valence-corrected chi connectivity index (χ4v) is 5.07. The molecule has 0 aromatic heterocycles. The maximum Gasteiger partial charge on any atom is 0.419 e. The van der Waals surface area contributed by atoms with Crippen LogP contribution in [0.25, 0.3) is 0 Å². The van der Waals surface area contributed by atoms with E-state index in [0.29, 0.717) is 37.5 Å². The van der Waals surface area contributed by atoms with E-state index in [2.05, 4.69) is 19.1 Å². The molecule has 5 nitrogen and oxygen atoms in total. The molecule has 28 heavy (non-hydrogen) atoms. The summed E-state index contributed by atoms with van der Waals surface area (Å²) in [5.74, 6) is 3.04. The van der Waals surface area contributed by atoms with Crippen LogP contribution in [0.4, 0.5) is 0 Å². The second-order valence-corrected chi connectivity index (χ2v) is 8.06. The zero-order valence-corrected chi connectivity index (χ0v) is 17.3. The fraction of sp³-hybridized carbons (Fsp3) is 0.565. The molecule has 1 saturated carbocycles. The minimum Gasteiger partial charge on any atom is -0.490 e. The standard InChI is InChI=1S/C23H30NO4/c1-5-26-20-10-19-18-9-16-11-23(19,12-21(20)27-6-2)13-22(28-7-3)24(25)14-17(18)8-15(16)4/h10,12-16H,5-9,11H2,1-4H3/q+1/b17-14?,22-13+. The highest BCUT2D eigenvalue weighted by Crippen LogP contribution is 2.57. The first kappa shape index (κ1) is 19.0. The van der Waals surface area contributed by atoms with Gasteiger partial charge in [-0.2, -0.15) is 0 Å². The van der Waals surface area contributed by atoms with Crippen LogP contribution in [0.3, 0.4) is 0 Å². The molecule has 3 atom stereocenters. The van der Waals surface area contributed by atoms with E-state index in [0.717, 1.165) is 41.1 Å². The molecule has 0 aromatic rings. The van der Waals surface area contributed by atoms with Gasteiger partial charge < -0.3 is 14.2 Å². The van der Waals surface area contributed by atoms with Gasteiger partial charge in [0.15, 0.2) is 11.5 Å². The molecule has 4 aliphatic rings. The van der Waals surface area contributed by atoms with E-state index < -0.39 is 5.41 Å². The molecule has 3 bridgehead atoms. The summed E-state index contributed by atoms with van der Waals surface area (Å²) in [6.45, 7) is 9.78. The Morgan fingerprint density at radius 3 is 2.46 bits per heavy atom. The van der Waals surface area contributed by atoms with Gasteiger partial charge in [0.2, 0.25) is 6.20 Å². The van der Waals surface area contributed by atoms with Gasteiger partial charge in [0.25, 0.3) is 0 Å². The van der Waals surface area contributed by atoms with Gasteiger partial charge in [-0.1, -0.05) is 6.92 Å². The molecule has 1 fully saturated rings. The smallest absolute Gasteiger partial charge is 0.419 e. The molecule has 5 heteroatoms. The molecule has 0 aromatic carbocycles. The number of nitroso groups, excluding NO2 is 1. The van der Waals surface area contributed by atoms with Crippen LogP contribution in [0, 0.1) is 22.2 Å². The summed E-state index contributed by atoms with van der Waals surface area (Å²) in [5.41, 5.74) is 3.26. The van der Waals surface area contributed by atoms with Crippen LogP contribution in [-0.2, 0) is 14.2 Å². The van der Waals surface area contributed by atoms with Crippen molar-refractivity contribution in [1.29, 1.82) is 0 Å². The maximum atomic E-state index is 12.9. The lowest BCUT2D eigenvalue weighted by Gasteiger charge is -2.47. The molecule has 3 unspecified atom stereocenters. The van der Waals surface area contributed by atoms with Crippen LogP contribution in [0.2, 0.25) is 0 Å². The number of fused-ring (bicyclic) bond motifs is 1. The molecular weight excluding hydrogens is 354 g/mol. The normalized spacial score (nSPS) is 32.9. The number of hydrogen-bond acceptors (Lipinski definition) is 4. The number of rotatable bonds is 6. The zero-order valence-electron chi connectivity index (χ0n) is 17.3. The summed E-state index contributed by atoms with van der Waals surface area (Å²) in [6, 6.07) is 0. The van der Waals surface area contributed by atoms with Gasteiger partial charge in [0.05, 0.1) is 19.8 Å². The molecule has 0 N–H and O–H groups in total. The molecule has 3 aliphatic carbocycles. The topological polar surface area (TPSA) is 47.8 Å². The predicted molar refractivity (Wildman–Crippen MR) is 107 cm³/mol. The van der Waals surface area contributed by atoms with Crippen molar-refractivity contribution < 1.29 is 19.0 Å². The van der Waals surface area contributed by atoms with E-state index in [4.69, 9.17) is 14.2 Å². The van der Waals surface area contributed by atoms with Gasteiger partial charge in [0.1, 0.15) is 4.76 Å². The van der Waals surface area contributed by atoms with Crippen molar-refractivity contribution in [2.45, 2.75) is 47.0 Å². The quantitative estimate of drug-likeness (QED) is 0.596. The van der Waals surface area contributed by atoms with Gasteiger partial charge in [-0.15, -0.1) is 0 Å². The Bertz CT molecular complexity index is 845. The Kier molecular flexibility index (Phi) is 4.94. The number of allylic oxidation sites excluding steroid dienone is 6. The molecule has 0 saturated heterocycles. The third kappa shape index (κ3) is 3.01. The van der Waals surface area contributed by atoms with E-state index in [-0.39, 0.29) is 0 Å². The molecule has 1 aliphatic heterocycles. The predicted octanol–water partition coefficient (Wildman–Crippen LogP) is 5.13. The lowest BCUT2D eigenvalue weighted by atomic mass is 9.57. The van der Waals surface area contributed by atoms with Gasteiger partial charge >= 0.3 is 5.88 Å². The van der Waals surface area contributed by atoms with Crippen molar-refractivity contribution in [3.05, 3.63) is 63.5 Å². The van der Waals surface area contributed by atoms with Crippen molar-refractivity contribution in [2.75, 3.05) is 19.8 Å². The lowest BCUT2D eigenvalue weighted by molar-refractivity contribution is -0.464. The Morgan fingerprint density at radius 1 is 1.04 bits per heavy atom. The summed E-state index contributed by atoms with van der Waals surface area (Å²) in [5, 5.41) is 0. The second kappa shape index (κ2) is 7.26. The Balaban J connectivity index is 1.97. The molecule has 0 spiro atoms. The highest BCUT2D eigenvalue weighted by atomic mass is 16.5. The molecular formula is C23H30NO4+. The van der Waals surface area contributed by atoms with Crippen molar-refractivity contribution in [1.82, 2.24) is 0 Å². The average molecular weight is 384 g/mol. The Hall–Kier alpha value is -2.30. The van der Waals surface area contributed by atoms with Gasteiger partial charge in [0, 0.05) is 22.0 Å². The number of ether oxygens (including phenoxy) is 3. The van der Waals surface area contributed by atoms with Crippen molar-refractivity contribution in [3.63, 3.8) is 0 Å². The largest absolute Gasteiger partial charge is 0.490 e. The minimum atomic E-state index is -0.398. The third-order valence-electron chi connectivity index (χ3n) is 6.30. The van der Waals surface area contributed by atoms with Gasteiger partial charge in [-0.05, 0) is 75.2 Å². The van der Waals surface area contributed by atoms with Crippen LogP contribution < -0.4 is 0 Å². The first-order valence-electron chi connectivity index (χ1n) is 10.5. The average Bonchev–Trinajstić information content (AvgIpc) is 2.66. The van der Waals surface area contributed by atoms with Crippen molar-refractivity contribution in [3.8, 4) is 0 Å². The maximum absolute atomic E-state index is 12.9.